The van der Waals surface area contributed by atoms with Gasteiger partial charge in [0.2, 0.25) is 5.91 Å². The fourth-order valence-corrected chi connectivity index (χ4v) is 2.61. The molecule has 1 saturated carbocycles. The van der Waals surface area contributed by atoms with Crippen molar-refractivity contribution in [1.82, 2.24) is 0 Å². The van der Waals surface area contributed by atoms with E-state index < -0.39 is 0 Å². The molecule has 0 aliphatic heterocycles. The van der Waals surface area contributed by atoms with Gasteiger partial charge < -0.3 is 19.7 Å². The summed E-state index contributed by atoms with van der Waals surface area (Å²) >= 11 is 0. The second-order valence-corrected chi connectivity index (χ2v) is 5.65. The minimum absolute atomic E-state index is 0.00268. The summed E-state index contributed by atoms with van der Waals surface area (Å²) in [5.41, 5.74) is 1.79. The van der Waals surface area contributed by atoms with Crippen LogP contribution in [0.1, 0.15) is 18.1 Å². The fourth-order valence-electron chi connectivity index (χ4n) is 2.61. The third-order valence-corrected chi connectivity index (χ3v) is 4.05. The Labute approximate surface area is 129 Å². The first kappa shape index (κ1) is 14.7. The smallest absolute Gasteiger partial charge is 0.228 e. The molecule has 1 aromatic carbocycles. The number of likely N-dealkylation sites (N-methyl/N-ethyl adjacent to an activating group) is 1. The highest BCUT2D eigenvalue weighted by molar-refractivity contribution is 5.95. The molecule has 1 aliphatic carbocycles. The van der Waals surface area contributed by atoms with Crippen LogP contribution in [0.2, 0.25) is 0 Å². The first-order valence-electron chi connectivity index (χ1n) is 7.45. The molecule has 2 aromatic rings. The van der Waals surface area contributed by atoms with Crippen LogP contribution in [0.3, 0.4) is 0 Å². The number of nitrogens with zero attached hydrogens (tertiary/aromatic N) is 1. The zero-order chi connectivity index (χ0) is 15.5. The minimum atomic E-state index is 0.00268. The summed E-state index contributed by atoms with van der Waals surface area (Å²) in [5.74, 6) is 1.15. The molecule has 5 nitrogen and oxygen atoms in total. The maximum absolute atomic E-state index is 12.2. The molecule has 1 aliphatic rings. The van der Waals surface area contributed by atoms with Crippen molar-refractivity contribution in [3.8, 4) is 0 Å². The van der Waals surface area contributed by atoms with Crippen LogP contribution >= 0.6 is 0 Å². The minimum Gasteiger partial charge on any atom is -0.469 e. The summed E-state index contributed by atoms with van der Waals surface area (Å²) in [7, 11) is 1.92. The number of carbonyl (C=O) groups is 1. The van der Waals surface area contributed by atoms with Gasteiger partial charge in [0.15, 0.2) is 0 Å². The van der Waals surface area contributed by atoms with E-state index in [4.69, 9.17) is 9.52 Å². The Balaban J connectivity index is 1.56. The molecule has 1 aromatic heterocycles. The summed E-state index contributed by atoms with van der Waals surface area (Å²) in [4.78, 5) is 14.2. The second-order valence-electron chi connectivity index (χ2n) is 5.65. The molecule has 0 bridgehead atoms. The lowest BCUT2D eigenvalue weighted by Crippen LogP contribution is -2.21. The number of nitrogens with one attached hydrogen (secondary N) is 1. The lowest BCUT2D eigenvalue weighted by atomic mass is 10.2. The number of amides is 1. The molecule has 22 heavy (non-hydrogen) atoms. The Morgan fingerprint density at radius 3 is 2.77 bits per heavy atom. The van der Waals surface area contributed by atoms with Crippen molar-refractivity contribution in [2.45, 2.75) is 12.3 Å². The van der Waals surface area contributed by atoms with Crippen LogP contribution in [0.5, 0.6) is 0 Å². The van der Waals surface area contributed by atoms with Crippen molar-refractivity contribution in [1.29, 1.82) is 0 Å². The molecule has 0 saturated heterocycles. The lowest BCUT2D eigenvalue weighted by Gasteiger charge is -2.18. The highest BCUT2D eigenvalue weighted by Gasteiger charge is 2.45. The summed E-state index contributed by atoms with van der Waals surface area (Å²) in [6.45, 7) is 0.698. The second kappa shape index (κ2) is 6.23. The van der Waals surface area contributed by atoms with Gasteiger partial charge in [0, 0.05) is 36.8 Å². The molecule has 0 radical (unpaired) electrons. The molecular weight excluding hydrogens is 280 g/mol. The molecule has 0 spiro atoms. The van der Waals surface area contributed by atoms with Crippen molar-refractivity contribution in [3.05, 3.63) is 48.4 Å². The highest BCUT2D eigenvalue weighted by atomic mass is 16.3. The molecule has 1 amide bonds. The van der Waals surface area contributed by atoms with Crippen LogP contribution in [-0.2, 0) is 4.79 Å². The van der Waals surface area contributed by atoms with E-state index in [2.05, 4.69) is 5.32 Å². The van der Waals surface area contributed by atoms with Gasteiger partial charge in [-0.3, -0.25) is 4.79 Å². The predicted octanol–water partition coefficient (Wildman–Crippen LogP) is 2.45. The quantitative estimate of drug-likeness (QED) is 0.860. The van der Waals surface area contributed by atoms with Crippen molar-refractivity contribution in [2.75, 3.05) is 30.4 Å². The topological polar surface area (TPSA) is 65.7 Å². The Bertz CT molecular complexity index is 622. The van der Waals surface area contributed by atoms with Crippen LogP contribution in [-0.4, -0.2) is 31.2 Å². The van der Waals surface area contributed by atoms with Crippen LogP contribution in [0.4, 0.5) is 11.4 Å². The van der Waals surface area contributed by atoms with Crippen molar-refractivity contribution >= 4 is 17.3 Å². The predicted molar refractivity (Wildman–Crippen MR) is 85.0 cm³/mol. The number of aliphatic hydroxyl groups excluding tert-OH is 1. The van der Waals surface area contributed by atoms with Gasteiger partial charge in [0.05, 0.1) is 12.9 Å². The zero-order valence-electron chi connectivity index (χ0n) is 12.5. The molecule has 1 fully saturated rings. The third kappa shape index (κ3) is 3.14. The number of benzene rings is 1. The number of anilines is 2. The lowest BCUT2D eigenvalue weighted by molar-refractivity contribution is -0.117. The normalized spacial score (nSPS) is 19.7. The monoisotopic (exact) mass is 300 g/mol. The summed E-state index contributed by atoms with van der Waals surface area (Å²) in [6, 6.07) is 11.4. The Hall–Kier alpha value is -2.27. The summed E-state index contributed by atoms with van der Waals surface area (Å²) < 4.78 is 5.35. The molecule has 116 valence electrons. The van der Waals surface area contributed by atoms with Gasteiger partial charge in [-0.25, -0.2) is 0 Å². The molecule has 5 heteroatoms. The number of hydrogen-bond acceptors (Lipinski definition) is 4. The Kier molecular flexibility index (Phi) is 4.15. The van der Waals surface area contributed by atoms with Gasteiger partial charge >= 0.3 is 0 Å². The molecule has 2 atom stereocenters. The maximum atomic E-state index is 12.2. The number of aliphatic hydroxyl groups is 1. The molecule has 2 unspecified atom stereocenters. The van der Waals surface area contributed by atoms with Crippen LogP contribution < -0.4 is 10.2 Å². The van der Waals surface area contributed by atoms with Crippen molar-refractivity contribution in [2.24, 2.45) is 5.92 Å². The van der Waals surface area contributed by atoms with Gasteiger partial charge in [-0.15, -0.1) is 0 Å². The van der Waals surface area contributed by atoms with E-state index in [0.29, 0.717) is 6.54 Å². The van der Waals surface area contributed by atoms with Crippen molar-refractivity contribution < 1.29 is 14.3 Å². The van der Waals surface area contributed by atoms with E-state index in [0.717, 1.165) is 23.6 Å². The SMILES string of the molecule is CN(CCO)c1ccc(NC(=O)C2CC2c2ccco2)cc1. The van der Waals surface area contributed by atoms with Gasteiger partial charge in [0.1, 0.15) is 5.76 Å². The Morgan fingerprint density at radius 2 is 2.14 bits per heavy atom. The van der Waals surface area contributed by atoms with E-state index in [1.807, 2.05) is 48.3 Å². The fraction of sp³-hybridized carbons (Fsp3) is 0.353. The molecule has 3 rings (SSSR count). The molecule has 2 N–H and O–H groups in total. The van der Waals surface area contributed by atoms with E-state index in [-0.39, 0.29) is 24.3 Å². The average molecular weight is 300 g/mol. The van der Waals surface area contributed by atoms with E-state index >= 15 is 0 Å². The standard InChI is InChI=1S/C17H20N2O3/c1-19(8-9-20)13-6-4-12(5-7-13)18-17(21)15-11-14(15)16-3-2-10-22-16/h2-7,10,14-15,20H,8-9,11H2,1H3,(H,18,21). The summed E-state index contributed by atoms with van der Waals surface area (Å²) in [6.07, 6.45) is 2.49. The van der Waals surface area contributed by atoms with E-state index in [1.165, 1.54) is 0 Å². The number of hydrogen-bond donors (Lipinski definition) is 2. The zero-order valence-corrected chi connectivity index (χ0v) is 12.5. The van der Waals surface area contributed by atoms with Crippen LogP contribution in [0.25, 0.3) is 0 Å². The van der Waals surface area contributed by atoms with Gasteiger partial charge in [-0.1, -0.05) is 0 Å². The summed E-state index contributed by atoms with van der Waals surface area (Å²) in [5, 5.41) is 11.9. The largest absolute Gasteiger partial charge is 0.469 e. The number of furan rings is 1. The molecule has 1 heterocycles. The number of carbonyl (C=O) groups excluding carboxylic acids is 1. The first-order chi connectivity index (χ1) is 10.7. The molecular formula is C17H20N2O3. The van der Waals surface area contributed by atoms with Gasteiger partial charge in [-0.2, -0.15) is 0 Å². The third-order valence-electron chi connectivity index (χ3n) is 4.05. The van der Waals surface area contributed by atoms with E-state index in [1.54, 1.807) is 6.26 Å². The Morgan fingerprint density at radius 1 is 1.36 bits per heavy atom. The van der Waals surface area contributed by atoms with Crippen LogP contribution in [0, 0.1) is 5.92 Å². The average Bonchev–Trinajstić information content (AvgIpc) is 3.14. The maximum Gasteiger partial charge on any atom is 0.228 e. The van der Waals surface area contributed by atoms with Gasteiger partial charge in [-0.05, 0) is 42.8 Å². The van der Waals surface area contributed by atoms with E-state index in [9.17, 15) is 4.79 Å². The highest BCUT2D eigenvalue weighted by Crippen LogP contribution is 2.48. The van der Waals surface area contributed by atoms with Gasteiger partial charge in [0.25, 0.3) is 0 Å². The van der Waals surface area contributed by atoms with Crippen LogP contribution in [0.15, 0.2) is 47.1 Å². The first-order valence-corrected chi connectivity index (χ1v) is 7.45. The number of rotatable bonds is 6. The van der Waals surface area contributed by atoms with Crippen molar-refractivity contribution in [3.63, 3.8) is 0 Å².